The fraction of sp³-hybridized carbons (Fsp3) is 0.0667. The smallest absolute Gasteiger partial charge is 0.329 e. The monoisotopic (exact) mass is 254 g/mol. The summed E-state index contributed by atoms with van der Waals surface area (Å²) in [6.07, 6.45) is 6.12. The SMILES string of the molecule is O=C(O)C1(C(=O)O)C=CC=C2C1=Cc1ccccc12. The van der Waals surface area contributed by atoms with Crippen molar-refractivity contribution in [1.82, 2.24) is 0 Å². The van der Waals surface area contributed by atoms with Crippen molar-refractivity contribution in [2.45, 2.75) is 0 Å². The van der Waals surface area contributed by atoms with E-state index in [4.69, 9.17) is 0 Å². The summed E-state index contributed by atoms with van der Waals surface area (Å²) in [5.41, 5.74) is 0.704. The molecule has 94 valence electrons. The lowest BCUT2D eigenvalue weighted by molar-refractivity contribution is -0.157. The van der Waals surface area contributed by atoms with Crippen LogP contribution in [-0.4, -0.2) is 22.2 Å². The van der Waals surface area contributed by atoms with Gasteiger partial charge in [0, 0.05) is 0 Å². The number of carbonyl (C=O) groups is 2. The van der Waals surface area contributed by atoms with Crippen LogP contribution in [0.25, 0.3) is 11.6 Å². The summed E-state index contributed by atoms with van der Waals surface area (Å²) in [6, 6.07) is 7.39. The Morgan fingerprint density at radius 3 is 2.42 bits per heavy atom. The Hall–Kier alpha value is -2.62. The van der Waals surface area contributed by atoms with Gasteiger partial charge >= 0.3 is 11.9 Å². The van der Waals surface area contributed by atoms with Gasteiger partial charge in [-0.1, -0.05) is 42.5 Å². The van der Waals surface area contributed by atoms with E-state index in [1.807, 2.05) is 24.3 Å². The summed E-state index contributed by atoms with van der Waals surface area (Å²) in [4.78, 5) is 23.0. The fourth-order valence-corrected chi connectivity index (χ4v) is 2.60. The highest BCUT2D eigenvalue weighted by atomic mass is 16.4. The molecule has 0 amide bonds. The molecule has 0 fully saturated rings. The second-order valence-corrected chi connectivity index (χ2v) is 4.50. The highest BCUT2D eigenvalue weighted by molar-refractivity contribution is 6.14. The van der Waals surface area contributed by atoms with E-state index < -0.39 is 17.4 Å². The van der Waals surface area contributed by atoms with Gasteiger partial charge in [0.2, 0.25) is 5.41 Å². The quantitative estimate of drug-likeness (QED) is 0.793. The van der Waals surface area contributed by atoms with E-state index in [0.29, 0.717) is 11.1 Å². The van der Waals surface area contributed by atoms with Crippen LogP contribution in [0.4, 0.5) is 0 Å². The number of allylic oxidation sites excluding steroid dienone is 3. The molecule has 0 spiro atoms. The average molecular weight is 254 g/mol. The van der Waals surface area contributed by atoms with Crippen LogP contribution in [0.2, 0.25) is 0 Å². The summed E-state index contributed by atoms with van der Waals surface area (Å²) in [6.45, 7) is 0. The maximum Gasteiger partial charge on any atom is 0.329 e. The standard InChI is InChI=1S/C15H10O4/c16-13(17)15(14(18)19)7-3-6-11-10-5-2-1-4-9(10)8-12(11)15/h1-8H,(H,16,17)(H,18,19). The summed E-state index contributed by atoms with van der Waals surface area (Å²) < 4.78 is 0. The van der Waals surface area contributed by atoms with Crippen molar-refractivity contribution < 1.29 is 19.8 Å². The molecule has 0 aromatic heterocycles. The van der Waals surface area contributed by atoms with E-state index in [2.05, 4.69) is 0 Å². The minimum Gasteiger partial charge on any atom is -0.480 e. The summed E-state index contributed by atoms with van der Waals surface area (Å²) in [7, 11) is 0. The van der Waals surface area contributed by atoms with Crippen molar-refractivity contribution in [1.29, 1.82) is 0 Å². The van der Waals surface area contributed by atoms with Crippen molar-refractivity contribution in [3.8, 4) is 0 Å². The molecule has 0 saturated carbocycles. The van der Waals surface area contributed by atoms with Gasteiger partial charge in [0.15, 0.2) is 0 Å². The van der Waals surface area contributed by atoms with Crippen molar-refractivity contribution >= 4 is 23.6 Å². The fourth-order valence-electron chi connectivity index (χ4n) is 2.60. The van der Waals surface area contributed by atoms with Gasteiger partial charge in [-0.05, 0) is 28.3 Å². The van der Waals surface area contributed by atoms with Gasteiger partial charge in [0.25, 0.3) is 0 Å². The molecule has 2 N–H and O–H groups in total. The Morgan fingerprint density at radius 1 is 1.05 bits per heavy atom. The molecule has 4 heteroatoms. The second kappa shape index (κ2) is 3.68. The Bertz CT molecular complexity index is 678. The maximum atomic E-state index is 11.5. The van der Waals surface area contributed by atoms with E-state index in [0.717, 1.165) is 11.1 Å². The number of fused-ring (bicyclic) bond motifs is 3. The van der Waals surface area contributed by atoms with Gasteiger partial charge in [-0.3, -0.25) is 9.59 Å². The molecular formula is C15H10O4. The van der Waals surface area contributed by atoms with Crippen LogP contribution in [-0.2, 0) is 9.59 Å². The topological polar surface area (TPSA) is 74.6 Å². The summed E-state index contributed by atoms with van der Waals surface area (Å²) in [5, 5.41) is 18.8. The molecule has 19 heavy (non-hydrogen) atoms. The molecule has 2 aliphatic carbocycles. The van der Waals surface area contributed by atoms with Crippen molar-refractivity contribution in [2.75, 3.05) is 0 Å². The minimum atomic E-state index is -2.00. The van der Waals surface area contributed by atoms with Crippen molar-refractivity contribution in [2.24, 2.45) is 5.41 Å². The van der Waals surface area contributed by atoms with Crippen LogP contribution < -0.4 is 0 Å². The Balaban J connectivity index is 2.27. The molecule has 2 aliphatic rings. The highest BCUT2D eigenvalue weighted by Crippen LogP contribution is 2.48. The third-order valence-corrected chi connectivity index (χ3v) is 3.55. The van der Waals surface area contributed by atoms with Crippen LogP contribution in [0, 0.1) is 5.41 Å². The van der Waals surface area contributed by atoms with Crippen LogP contribution in [0.1, 0.15) is 11.1 Å². The number of aliphatic carboxylic acids is 2. The van der Waals surface area contributed by atoms with Crippen LogP contribution in [0.5, 0.6) is 0 Å². The van der Waals surface area contributed by atoms with Gasteiger partial charge < -0.3 is 10.2 Å². The molecule has 1 aromatic carbocycles. The number of hydrogen-bond acceptors (Lipinski definition) is 2. The molecule has 4 nitrogen and oxygen atoms in total. The number of benzene rings is 1. The molecular weight excluding hydrogens is 244 g/mol. The summed E-state index contributed by atoms with van der Waals surface area (Å²) >= 11 is 0. The lowest BCUT2D eigenvalue weighted by Crippen LogP contribution is -2.40. The zero-order valence-electron chi connectivity index (χ0n) is 9.83. The van der Waals surface area contributed by atoms with E-state index in [9.17, 15) is 19.8 Å². The largest absolute Gasteiger partial charge is 0.480 e. The zero-order chi connectivity index (χ0) is 13.6. The minimum absolute atomic E-state index is 0.316. The van der Waals surface area contributed by atoms with Crippen LogP contribution in [0.15, 0.2) is 48.1 Å². The Kier molecular flexibility index (Phi) is 2.22. The number of carboxylic acid groups (broad SMARTS) is 2. The molecule has 3 rings (SSSR count). The van der Waals surface area contributed by atoms with Gasteiger partial charge in [0.1, 0.15) is 0 Å². The summed E-state index contributed by atoms with van der Waals surface area (Å²) in [5.74, 6) is -2.75. The third kappa shape index (κ3) is 1.34. The van der Waals surface area contributed by atoms with E-state index in [1.165, 1.54) is 12.2 Å². The molecule has 0 radical (unpaired) electrons. The first-order chi connectivity index (χ1) is 9.07. The van der Waals surface area contributed by atoms with Crippen molar-refractivity contribution in [3.05, 3.63) is 59.2 Å². The second-order valence-electron chi connectivity index (χ2n) is 4.50. The molecule has 0 atom stereocenters. The predicted octanol–water partition coefficient (Wildman–Crippen LogP) is 2.19. The maximum absolute atomic E-state index is 11.5. The Morgan fingerprint density at radius 2 is 1.74 bits per heavy atom. The molecule has 1 aromatic rings. The lowest BCUT2D eigenvalue weighted by atomic mass is 9.74. The number of rotatable bonds is 2. The molecule has 0 bridgehead atoms. The van der Waals surface area contributed by atoms with E-state index in [1.54, 1.807) is 12.2 Å². The van der Waals surface area contributed by atoms with Crippen LogP contribution >= 0.6 is 0 Å². The number of hydrogen-bond donors (Lipinski definition) is 2. The molecule has 0 heterocycles. The average Bonchev–Trinajstić information content (AvgIpc) is 2.76. The Labute approximate surface area is 109 Å². The highest BCUT2D eigenvalue weighted by Gasteiger charge is 2.51. The van der Waals surface area contributed by atoms with Gasteiger partial charge in [-0.2, -0.15) is 0 Å². The molecule has 0 aliphatic heterocycles. The van der Waals surface area contributed by atoms with Gasteiger partial charge in [-0.15, -0.1) is 0 Å². The van der Waals surface area contributed by atoms with E-state index in [-0.39, 0.29) is 0 Å². The third-order valence-electron chi connectivity index (χ3n) is 3.55. The van der Waals surface area contributed by atoms with Crippen molar-refractivity contribution in [3.63, 3.8) is 0 Å². The lowest BCUT2D eigenvalue weighted by Gasteiger charge is -2.26. The van der Waals surface area contributed by atoms with Gasteiger partial charge in [-0.25, -0.2) is 0 Å². The van der Waals surface area contributed by atoms with Gasteiger partial charge in [0.05, 0.1) is 0 Å². The molecule has 0 unspecified atom stereocenters. The first kappa shape index (κ1) is 11.5. The van der Waals surface area contributed by atoms with E-state index >= 15 is 0 Å². The first-order valence-corrected chi connectivity index (χ1v) is 5.75. The number of carboxylic acids is 2. The van der Waals surface area contributed by atoms with Crippen LogP contribution in [0.3, 0.4) is 0 Å². The normalized spacial score (nSPS) is 18.1. The molecule has 0 saturated heterocycles. The predicted molar refractivity (Wildman–Crippen MR) is 69.2 cm³/mol. The first-order valence-electron chi connectivity index (χ1n) is 5.75. The zero-order valence-corrected chi connectivity index (χ0v) is 9.83.